The normalized spacial score (nSPS) is 11.4. The molecule has 1 aromatic carbocycles. The predicted molar refractivity (Wildman–Crippen MR) is 110 cm³/mol. The maximum absolute atomic E-state index is 12.2. The van der Waals surface area contributed by atoms with Crippen LogP contribution in [-0.2, 0) is 27.8 Å². The SMILES string of the molecule is Cc1cc(C)n(-c2ccc(=O)n(CC(=O)NCCc3ccc(S(N)(=O)=O)cc3)n2)n1. The number of nitrogens with two attached hydrogens (primary N) is 1. The Morgan fingerprint density at radius 3 is 2.40 bits per heavy atom. The largest absolute Gasteiger partial charge is 0.354 e. The van der Waals surface area contributed by atoms with E-state index >= 15 is 0 Å². The molecule has 30 heavy (non-hydrogen) atoms. The van der Waals surface area contributed by atoms with Gasteiger partial charge in [-0.3, -0.25) is 9.59 Å². The lowest BCUT2D eigenvalue weighted by Gasteiger charge is -2.09. The predicted octanol–water partition coefficient (Wildman–Crippen LogP) is 0.0521. The van der Waals surface area contributed by atoms with Crippen molar-refractivity contribution in [2.75, 3.05) is 6.54 Å². The van der Waals surface area contributed by atoms with Crippen molar-refractivity contribution in [3.05, 3.63) is 69.8 Å². The zero-order valence-electron chi connectivity index (χ0n) is 16.6. The van der Waals surface area contributed by atoms with Crippen molar-refractivity contribution in [1.82, 2.24) is 24.9 Å². The first kappa shape index (κ1) is 21.4. The Kier molecular flexibility index (Phi) is 6.13. The highest BCUT2D eigenvalue weighted by molar-refractivity contribution is 7.89. The number of primary sulfonamides is 1. The summed E-state index contributed by atoms with van der Waals surface area (Å²) in [6.45, 7) is 3.82. The summed E-state index contributed by atoms with van der Waals surface area (Å²) < 4.78 is 25.2. The van der Waals surface area contributed by atoms with Crippen LogP contribution in [-0.4, -0.2) is 40.4 Å². The molecule has 0 unspecified atom stereocenters. The van der Waals surface area contributed by atoms with E-state index in [4.69, 9.17) is 5.14 Å². The van der Waals surface area contributed by atoms with E-state index < -0.39 is 15.6 Å². The fourth-order valence-electron chi connectivity index (χ4n) is 2.91. The maximum atomic E-state index is 12.2. The van der Waals surface area contributed by atoms with Crippen molar-refractivity contribution in [1.29, 1.82) is 0 Å². The zero-order valence-corrected chi connectivity index (χ0v) is 17.4. The third kappa shape index (κ3) is 5.19. The second-order valence-corrected chi connectivity index (χ2v) is 8.38. The number of carbonyl (C=O) groups excluding carboxylic acids is 1. The second-order valence-electron chi connectivity index (χ2n) is 6.82. The number of aryl methyl sites for hydroxylation is 2. The fraction of sp³-hybridized carbons (Fsp3) is 0.263. The van der Waals surface area contributed by atoms with Gasteiger partial charge in [-0.15, -0.1) is 5.10 Å². The van der Waals surface area contributed by atoms with Crippen molar-refractivity contribution < 1.29 is 13.2 Å². The first-order valence-electron chi connectivity index (χ1n) is 9.14. The summed E-state index contributed by atoms with van der Waals surface area (Å²) in [6, 6.07) is 10.9. The van der Waals surface area contributed by atoms with Crippen LogP contribution in [0.1, 0.15) is 17.0 Å². The third-order valence-corrected chi connectivity index (χ3v) is 5.29. The number of aromatic nitrogens is 4. The Morgan fingerprint density at radius 1 is 1.10 bits per heavy atom. The minimum atomic E-state index is -3.73. The summed E-state index contributed by atoms with van der Waals surface area (Å²) in [5.41, 5.74) is 2.13. The summed E-state index contributed by atoms with van der Waals surface area (Å²) in [5, 5.41) is 16.3. The first-order valence-corrected chi connectivity index (χ1v) is 10.7. The Bertz CT molecular complexity index is 1230. The third-order valence-electron chi connectivity index (χ3n) is 4.36. The van der Waals surface area contributed by atoms with Crippen LogP contribution in [0.4, 0.5) is 0 Å². The molecule has 0 atom stereocenters. The van der Waals surface area contributed by atoms with Crippen LogP contribution in [0.5, 0.6) is 0 Å². The minimum Gasteiger partial charge on any atom is -0.354 e. The van der Waals surface area contributed by atoms with Gasteiger partial charge in [0.15, 0.2) is 5.82 Å². The van der Waals surface area contributed by atoms with Gasteiger partial charge in [0.2, 0.25) is 15.9 Å². The Balaban J connectivity index is 1.60. The van der Waals surface area contributed by atoms with Gasteiger partial charge in [-0.1, -0.05) is 12.1 Å². The lowest BCUT2D eigenvalue weighted by atomic mass is 10.1. The smallest absolute Gasteiger partial charge is 0.267 e. The van der Waals surface area contributed by atoms with Crippen LogP contribution >= 0.6 is 0 Å². The second kappa shape index (κ2) is 8.59. The van der Waals surface area contributed by atoms with Crippen molar-refractivity contribution in [3.63, 3.8) is 0 Å². The molecule has 0 aliphatic carbocycles. The number of hydrogen-bond acceptors (Lipinski definition) is 6. The van der Waals surface area contributed by atoms with Gasteiger partial charge in [-0.25, -0.2) is 22.9 Å². The molecule has 0 saturated carbocycles. The Labute approximate surface area is 173 Å². The maximum Gasteiger partial charge on any atom is 0.267 e. The molecule has 0 aliphatic rings. The summed E-state index contributed by atoms with van der Waals surface area (Å²) in [6.07, 6.45) is 0.491. The number of sulfonamides is 1. The highest BCUT2D eigenvalue weighted by Crippen LogP contribution is 2.09. The van der Waals surface area contributed by atoms with Crippen LogP contribution in [0.3, 0.4) is 0 Å². The van der Waals surface area contributed by atoms with Gasteiger partial charge in [0.05, 0.1) is 10.6 Å². The standard InChI is InChI=1S/C19H22N6O4S/c1-13-11-14(2)25(22-13)17-7-8-19(27)24(23-17)12-18(26)21-10-9-15-3-5-16(6-4-15)30(20,28)29/h3-8,11H,9-10,12H2,1-2H3,(H,21,26)(H2,20,28,29). The number of amides is 1. The van der Waals surface area contributed by atoms with Gasteiger partial charge < -0.3 is 5.32 Å². The average molecular weight is 430 g/mol. The summed E-state index contributed by atoms with van der Waals surface area (Å²) in [4.78, 5) is 24.3. The summed E-state index contributed by atoms with van der Waals surface area (Å²) in [7, 11) is -3.73. The fourth-order valence-corrected chi connectivity index (χ4v) is 3.42. The molecule has 158 valence electrons. The number of benzene rings is 1. The molecule has 0 fully saturated rings. The van der Waals surface area contributed by atoms with E-state index in [0.29, 0.717) is 18.8 Å². The number of nitrogens with one attached hydrogen (secondary N) is 1. The van der Waals surface area contributed by atoms with Crippen molar-refractivity contribution in [2.24, 2.45) is 5.14 Å². The van der Waals surface area contributed by atoms with Crippen molar-refractivity contribution >= 4 is 15.9 Å². The van der Waals surface area contributed by atoms with Gasteiger partial charge in [0.1, 0.15) is 6.54 Å². The van der Waals surface area contributed by atoms with E-state index in [-0.39, 0.29) is 17.3 Å². The molecule has 0 saturated heterocycles. The van der Waals surface area contributed by atoms with Crippen LogP contribution in [0.2, 0.25) is 0 Å². The minimum absolute atomic E-state index is 0.0308. The monoisotopic (exact) mass is 430 g/mol. The highest BCUT2D eigenvalue weighted by atomic mass is 32.2. The van der Waals surface area contributed by atoms with Crippen molar-refractivity contribution in [2.45, 2.75) is 31.7 Å². The highest BCUT2D eigenvalue weighted by Gasteiger charge is 2.11. The molecule has 0 bridgehead atoms. The molecule has 3 rings (SSSR count). The summed E-state index contributed by atoms with van der Waals surface area (Å²) in [5.74, 6) is 0.0826. The summed E-state index contributed by atoms with van der Waals surface area (Å²) >= 11 is 0. The number of carbonyl (C=O) groups is 1. The number of nitrogens with zero attached hydrogens (tertiary/aromatic N) is 4. The molecule has 0 radical (unpaired) electrons. The molecular weight excluding hydrogens is 408 g/mol. The molecule has 3 aromatic rings. The van der Waals surface area contributed by atoms with Crippen LogP contribution in [0.25, 0.3) is 5.82 Å². The van der Waals surface area contributed by atoms with Gasteiger partial charge in [0.25, 0.3) is 5.56 Å². The van der Waals surface area contributed by atoms with E-state index in [1.807, 2.05) is 19.9 Å². The molecule has 11 heteroatoms. The van der Waals surface area contributed by atoms with E-state index in [9.17, 15) is 18.0 Å². The lowest BCUT2D eigenvalue weighted by Crippen LogP contribution is -2.34. The van der Waals surface area contributed by atoms with Crippen molar-refractivity contribution in [3.8, 4) is 5.82 Å². The van der Waals surface area contributed by atoms with Crippen LogP contribution in [0.15, 0.2) is 52.2 Å². The number of rotatable bonds is 7. The molecule has 0 aliphatic heterocycles. The van der Waals surface area contributed by atoms with E-state index in [1.54, 1.807) is 22.9 Å². The van der Waals surface area contributed by atoms with Crippen LogP contribution in [0, 0.1) is 13.8 Å². The first-order chi connectivity index (χ1) is 14.1. The zero-order chi connectivity index (χ0) is 21.9. The van der Waals surface area contributed by atoms with Gasteiger partial charge in [-0.05, 0) is 50.1 Å². The quantitative estimate of drug-likeness (QED) is 0.542. The molecule has 2 aromatic heterocycles. The molecule has 0 spiro atoms. The van der Waals surface area contributed by atoms with Gasteiger partial charge in [0, 0.05) is 18.3 Å². The van der Waals surface area contributed by atoms with Crippen LogP contribution < -0.4 is 16.0 Å². The van der Waals surface area contributed by atoms with E-state index in [1.165, 1.54) is 18.2 Å². The van der Waals surface area contributed by atoms with Gasteiger partial charge >= 0.3 is 0 Å². The molecule has 10 nitrogen and oxygen atoms in total. The average Bonchev–Trinajstić information content (AvgIpc) is 3.01. The van der Waals surface area contributed by atoms with E-state index in [0.717, 1.165) is 21.6 Å². The molecule has 2 heterocycles. The topological polar surface area (TPSA) is 142 Å². The number of hydrogen-bond donors (Lipinski definition) is 2. The molecule has 1 amide bonds. The molecule has 3 N–H and O–H groups in total. The lowest BCUT2D eigenvalue weighted by molar-refractivity contribution is -0.121. The Hall–Kier alpha value is -3.31. The Morgan fingerprint density at radius 2 is 1.80 bits per heavy atom. The van der Waals surface area contributed by atoms with E-state index in [2.05, 4.69) is 15.5 Å². The molecular formula is C19H22N6O4S. The van der Waals surface area contributed by atoms with Gasteiger partial charge in [-0.2, -0.15) is 5.10 Å².